The maximum atomic E-state index is 10.8. The van der Waals surface area contributed by atoms with E-state index in [2.05, 4.69) is 21.6 Å². The molecule has 0 unspecified atom stereocenters. The van der Waals surface area contributed by atoms with Crippen LogP contribution < -0.4 is 0 Å². The summed E-state index contributed by atoms with van der Waals surface area (Å²) in [6.07, 6.45) is 0. The van der Waals surface area contributed by atoms with E-state index in [9.17, 15) is 9.59 Å². The first-order valence-electron chi connectivity index (χ1n) is 4.01. The standard InChI is InChI=1S/C9H7NO4S/c1-2-14-7(11)4-3-6-5-15-8(10-6)9(12)13/h5H,2H2,1H3,(H,12,13). The Balaban J connectivity index is 2.72. The van der Waals surface area contributed by atoms with E-state index in [1.807, 2.05) is 0 Å². The summed E-state index contributed by atoms with van der Waals surface area (Å²) in [5.74, 6) is 2.85. The fraction of sp³-hybridized carbons (Fsp3) is 0.222. The first kappa shape index (κ1) is 11.2. The van der Waals surface area contributed by atoms with E-state index < -0.39 is 11.9 Å². The third kappa shape index (κ3) is 3.40. The summed E-state index contributed by atoms with van der Waals surface area (Å²) in [6.45, 7) is 1.93. The number of nitrogens with zero attached hydrogens (tertiary/aromatic N) is 1. The van der Waals surface area contributed by atoms with E-state index in [4.69, 9.17) is 5.11 Å². The topological polar surface area (TPSA) is 76.5 Å². The van der Waals surface area contributed by atoms with Crippen molar-refractivity contribution in [2.24, 2.45) is 0 Å². The molecule has 0 bridgehead atoms. The Hall–Kier alpha value is -1.87. The largest absolute Gasteiger partial charge is 0.476 e. The number of carbonyl (C=O) groups is 2. The van der Waals surface area contributed by atoms with E-state index in [-0.39, 0.29) is 17.3 Å². The van der Waals surface area contributed by atoms with Gasteiger partial charge in [-0.3, -0.25) is 0 Å². The lowest BCUT2D eigenvalue weighted by Gasteiger charge is -1.89. The number of ether oxygens (including phenoxy) is 1. The van der Waals surface area contributed by atoms with Crippen LogP contribution in [0.1, 0.15) is 22.4 Å². The number of rotatable bonds is 2. The van der Waals surface area contributed by atoms with Gasteiger partial charge in [-0.05, 0) is 12.8 Å². The van der Waals surface area contributed by atoms with Crippen molar-refractivity contribution in [1.82, 2.24) is 4.98 Å². The van der Waals surface area contributed by atoms with Gasteiger partial charge >= 0.3 is 11.9 Å². The minimum absolute atomic E-state index is 0.0526. The lowest BCUT2D eigenvalue weighted by molar-refractivity contribution is -0.136. The van der Waals surface area contributed by atoms with Crippen molar-refractivity contribution < 1.29 is 19.4 Å². The monoisotopic (exact) mass is 225 g/mol. The van der Waals surface area contributed by atoms with Gasteiger partial charge in [-0.25, -0.2) is 14.6 Å². The Kier molecular flexibility index (Phi) is 3.83. The van der Waals surface area contributed by atoms with Gasteiger partial charge in [-0.15, -0.1) is 11.3 Å². The molecule has 0 atom stereocenters. The summed E-state index contributed by atoms with van der Waals surface area (Å²) >= 11 is 0.957. The third-order valence-corrected chi connectivity index (χ3v) is 2.09. The molecule has 0 aliphatic rings. The lowest BCUT2D eigenvalue weighted by atomic mass is 10.4. The maximum Gasteiger partial charge on any atom is 0.384 e. The van der Waals surface area contributed by atoms with Gasteiger partial charge in [0.25, 0.3) is 0 Å². The van der Waals surface area contributed by atoms with Crippen molar-refractivity contribution in [2.45, 2.75) is 6.92 Å². The molecule has 5 nitrogen and oxygen atoms in total. The number of carbonyl (C=O) groups excluding carboxylic acids is 1. The molecule has 78 valence electrons. The molecule has 15 heavy (non-hydrogen) atoms. The molecular formula is C9H7NO4S. The van der Waals surface area contributed by atoms with Crippen molar-refractivity contribution in [2.75, 3.05) is 6.61 Å². The van der Waals surface area contributed by atoms with Crippen molar-refractivity contribution in [3.05, 3.63) is 16.1 Å². The second-order valence-corrected chi connectivity index (χ2v) is 3.17. The molecule has 1 rings (SSSR count). The van der Waals surface area contributed by atoms with Crippen LogP contribution in [0.2, 0.25) is 0 Å². The molecular weight excluding hydrogens is 218 g/mol. The first-order chi connectivity index (χ1) is 7.13. The molecule has 0 saturated carbocycles. The highest BCUT2D eigenvalue weighted by molar-refractivity contribution is 7.11. The van der Waals surface area contributed by atoms with Crippen LogP contribution in [0.5, 0.6) is 0 Å². The van der Waals surface area contributed by atoms with Crippen molar-refractivity contribution in [1.29, 1.82) is 0 Å². The molecule has 0 amide bonds. The summed E-state index contributed by atoms with van der Waals surface area (Å²) in [7, 11) is 0. The van der Waals surface area contributed by atoms with Gasteiger partial charge in [0.05, 0.1) is 6.61 Å². The van der Waals surface area contributed by atoms with Gasteiger partial charge in [0.1, 0.15) is 5.69 Å². The van der Waals surface area contributed by atoms with Crippen LogP contribution in [0.25, 0.3) is 0 Å². The SMILES string of the molecule is CCOC(=O)C#Cc1csc(C(=O)O)n1. The third-order valence-electron chi connectivity index (χ3n) is 1.26. The fourth-order valence-corrected chi connectivity index (χ4v) is 1.30. The summed E-state index contributed by atoms with van der Waals surface area (Å²) < 4.78 is 4.56. The smallest absolute Gasteiger partial charge is 0.384 e. The van der Waals surface area contributed by atoms with Crippen molar-refractivity contribution in [3.63, 3.8) is 0 Å². The molecule has 1 heterocycles. The van der Waals surface area contributed by atoms with Crippen LogP contribution in [0.4, 0.5) is 0 Å². The molecule has 0 fully saturated rings. The van der Waals surface area contributed by atoms with E-state index in [1.54, 1.807) is 6.92 Å². The molecule has 1 aromatic rings. The van der Waals surface area contributed by atoms with Crippen LogP contribution in [0.15, 0.2) is 5.38 Å². The summed E-state index contributed by atoms with van der Waals surface area (Å²) in [6, 6.07) is 0. The molecule has 0 spiro atoms. The number of thiazole rings is 1. The molecule has 1 N–H and O–H groups in total. The lowest BCUT2D eigenvalue weighted by Crippen LogP contribution is -1.99. The Morgan fingerprint density at radius 2 is 2.40 bits per heavy atom. The van der Waals surface area contributed by atoms with Gasteiger partial charge < -0.3 is 9.84 Å². The number of carboxylic acids is 1. The maximum absolute atomic E-state index is 10.8. The van der Waals surface area contributed by atoms with Gasteiger partial charge in [0.15, 0.2) is 0 Å². The number of carboxylic acid groups (broad SMARTS) is 1. The minimum Gasteiger partial charge on any atom is -0.476 e. The van der Waals surface area contributed by atoms with E-state index in [1.165, 1.54) is 5.38 Å². The first-order valence-corrected chi connectivity index (χ1v) is 4.89. The molecule has 1 aromatic heterocycles. The van der Waals surface area contributed by atoms with Crippen LogP contribution in [-0.4, -0.2) is 28.6 Å². The molecule has 0 aromatic carbocycles. The number of hydrogen-bond acceptors (Lipinski definition) is 5. The Morgan fingerprint density at radius 1 is 1.67 bits per heavy atom. The normalized spacial score (nSPS) is 8.87. The zero-order valence-corrected chi connectivity index (χ0v) is 8.63. The number of hydrogen-bond donors (Lipinski definition) is 1. The number of aromatic carboxylic acids is 1. The highest BCUT2D eigenvalue weighted by Crippen LogP contribution is 2.07. The summed E-state index contributed by atoms with van der Waals surface area (Å²) in [4.78, 5) is 25.0. The number of aromatic nitrogens is 1. The molecule has 0 radical (unpaired) electrons. The molecule has 6 heteroatoms. The molecule has 0 aliphatic carbocycles. The van der Waals surface area contributed by atoms with Crippen molar-refractivity contribution in [3.8, 4) is 11.8 Å². The van der Waals surface area contributed by atoms with Gasteiger partial charge in [0.2, 0.25) is 5.01 Å². The second kappa shape index (κ2) is 5.12. The van der Waals surface area contributed by atoms with E-state index in [0.29, 0.717) is 0 Å². The minimum atomic E-state index is -1.11. The van der Waals surface area contributed by atoms with Gasteiger partial charge in [0, 0.05) is 11.3 Å². The predicted octanol–water partition coefficient (Wildman–Crippen LogP) is 0.756. The predicted molar refractivity (Wildman–Crippen MR) is 52.6 cm³/mol. The highest BCUT2D eigenvalue weighted by Gasteiger charge is 2.07. The van der Waals surface area contributed by atoms with Gasteiger partial charge in [-0.2, -0.15) is 0 Å². The number of esters is 1. The molecule has 0 saturated heterocycles. The Morgan fingerprint density at radius 3 is 2.93 bits per heavy atom. The van der Waals surface area contributed by atoms with E-state index >= 15 is 0 Å². The Labute approximate surface area is 89.7 Å². The van der Waals surface area contributed by atoms with Crippen LogP contribution in [0, 0.1) is 11.8 Å². The van der Waals surface area contributed by atoms with E-state index in [0.717, 1.165) is 11.3 Å². The highest BCUT2D eigenvalue weighted by atomic mass is 32.1. The zero-order valence-electron chi connectivity index (χ0n) is 7.81. The van der Waals surface area contributed by atoms with Gasteiger partial charge in [-0.1, -0.05) is 0 Å². The zero-order chi connectivity index (χ0) is 11.3. The quantitative estimate of drug-likeness (QED) is 0.593. The van der Waals surface area contributed by atoms with Crippen LogP contribution >= 0.6 is 11.3 Å². The second-order valence-electron chi connectivity index (χ2n) is 2.31. The van der Waals surface area contributed by atoms with Crippen LogP contribution in [0.3, 0.4) is 0 Å². The summed E-state index contributed by atoms with van der Waals surface area (Å²) in [5, 5.41) is 9.98. The fourth-order valence-electron chi connectivity index (χ4n) is 0.712. The Bertz CT molecular complexity index is 440. The molecule has 0 aliphatic heterocycles. The van der Waals surface area contributed by atoms with Crippen LogP contribution in [-0.2, 0) is 9.53 Å². The summed E-state index contributed by atoms with van der Waals surface area (Å²) in [5.41, 5.74) is 0.255. The average molecular weight is 225 g/mol. The van der Waals surface area contributed by atoms with Crippen molar-refractivity contribution >= 4 is 23.3 Å². The average Bonchev–Trinajstić information content (AvgIpc) is 2.63.